The van der Waals surface area contributed by atoms with Crippen LogP contribution in [0.2, 0.25) is 0 Å². The van der Waals surface area contributed by atoms with Crippen molar-refractivity contribution in [3.63, 3.8) is 0 Å². The van der Waals surface area contributed by atoms with Gasteiger partial charge < -0.3 is 0 Å². The van der Waals surface area contributed by atoms with Gasteiger partial charge >= 0.3 is 0 Å². The molecule has 0 N–H and O–H groups in total. The van der Waals surface area contributed by atoms with Crippen molar-refractivity contribution in [2.45, 2.75) is 27.2 Å². The van der Waals surface area contributed by atoms with E-state index in [4.69, 9.17) is 0 Å². The standard InChI is InChI=1S/C21H24N/c1-15(2)13-18-14-17-10-6-8-12-20(17)22(4)21(18)19-11-7-5-9-16(19)3/h5-12,14-15H,13H2,1-4H3/q+1. The highest BCUT2D eigenvalue weighted by atomic mass is 14.9. The van der Waals surface area contributed by atoms with Crippen molar-refractivity contribution in [1.82, 2.24) is 0 Å². The summed E-state index contributed by atoms with van der Waals surface area (Å²) in [5, 5.41) is 1.32. The third-order valence-electron chi connectivity index (χ3n) is 4.30. The Kier molecular flexibility index (Phi) is 3.98. The van der Waals surface area contributed by atoms with Gasteiger partial charge in [0.05, 0.1) is 0 Å². The summed E-state index contributed by atoms with van der Waals surface area (Å²) in [5.74, 6) is 0.643. The third kappa shape index (κ3) is 2.64. The normalized spacial score (nSPS) is 11.3. The van der Waals surface area contributed by atoms with Crippen LogP contribution >= 0.6 is 0 Å². The van der Waals surface area contributed by atoms with Crippen molar-refractivity contribution in [2.24, 2.45) is 13.0 Å². The summed E-state index contributed by atoms with van der Waals surface area (Å²) < 4.78 is 2.36. The zero-order valence-corrected chi connectivity index (χ0v) is 13.9. The summed E-state index contributed by atoms with van der Waals surface area (Å²) in [4.78, 5) is 0. The molecule has 0 amide bonds. The van der Waals surface area contributed by atoms with Gasteiger partial charge in [0.15, 0.2) is 0 Å². The summed E-state index contributed by atoms with van der Waals surface area (Å²) in [7, 11) is 2.19. The first kappa shape index (κ1) is 14.8. The van der Waals surface area contributed by atoms with E-state index >= 15 is 0 Å². The van der Waals surface area contributed by atoms with Crippen LogP contribution in [-0.2, 0) is 13.5 Å². The van der Waals surface area contributed by atoms with Gasteiger partial charge in [-0.15, -0.1) is 0 Å². The van der Waals surface area contributed by atoms with Crippen LogP contribution in [-0.4, -0.2) is 0 Å². The van der Waals surface area contributed by atoms with Gasteiger partial charge in [0, 0.05) is 22.6 Å². The van der Waals surface area contributed by atoms with E-state index in [1.54, 1.807) is 0 Å². The number of benzene rings is 2. The first-order chi connectivity index (χ1) is 10.6. The molecule has 0 fully saturated rings. The summed E-state index contributed by atoms with van der Waals surface area (Å²) >= 11 is 0. The molecule has 0 aliphatic rings. The Balaban J connectivity index is 2.35. The van der Waals surface area contributed by atoms with E-state index in [1.807, 2.05) is 0 Å². The van der Waals surface area contributed by atoms with Crippen molar-refractivity contribution < 1.29 is 4.57 Å². The van der Waals surface area contributed by atoms with Crippen LogP contribution in [0, 0.1) is 12.8 Å². The fourth-order valence-corrected chi connectivity index (χ4v) is 3.29. The van der Waals surface area contributed by atoms with Crippen LogP contribution in [0.4, 0.5) is 0 Å². The lowest BCUT2D eigenvalue weighted by molar-refractivity contribution is -0.634. The van der Waals surface area contributed by atoms with Gasteiger partial charge in [0.1, 0.15) is 7.05 Å². The Labute approximate surface area is 133 Å². The second kappa shape index (κ2) is 5.92. The van der Waals surface area contributed by atoms with Gasteiger partial charge in [-0.05, 0) is 43.0 Å². The van der Waals surface area contributed by atoms with Gasteiger partial charge in [-0.2, -0.15) is 4.57 Å². The van der Waals surface area contributed by atoms with E-state index < -0.39 is 0 Å². The van der Waals surface area contributed by atoms with Gasteiger partial charge in [-0.1, -0.05) is 44.2 Å². The second-order valence-electron chi connectivity index (χ2n) is 6.55. The maximum Gasteiger partial charge on any atom is 0.216 e. The lowest BCUT2D eigenvalue weighted by Gasteiger charge is -2.13. The number of hydrogen-bond acceptors (Lipinski definition) is 0. The van der Waals surface area contributed by atoms with Crippen LogP contribution in [0.3, 0.4) is 0 Å². The highest BCUT2D eigenvalue weighted by molar-refractivity contribution is 5.79. The average molecular weight is 290 g/mol. The van der Waals surface area contributed by atoms with E-state index in [1.165, 1.54) is 33.3 Å². The van der Waals surface area contributed by atoms with Gasteiger partial charge in [0.25, 0.3) is 0 Å². The molecule has 3 rings (SSSR count). The molecule has 0 atom stereocenters. The minimum Gasteiger partial charge on any atom is -0.194 e. The lowest BCUT2D eigenvalue weighted by atomic mass is 9.94. The molecule has 0 unspecified atom stereocenters. The molecule has 0 aliphatic carbocycles. The molecule has 0 spiro atoms. The number of aryl methyl sites for hydroxylation is 2. The van der Waals surface area contributed by atoms with Gasteiger partial charge in [-0.3, -0.25) is 0 Å². The number of hydrogen-bond donors (Lipinski definition) is 0. The van der Waals surface area contributed by atoms with Crippen LogP contribution in [0.15, 0.2) is 54.6 Å². The minimum atomic E-state index is 0.643. The van der Waals surface area contributed by atoms with Crippen molar-refractivity contribution in [2.75, 3.05) is 0 Å². The maximum atomic E-state index is 2.37. The first-order valence-electron chi connectivity index (χ1n) is 8.04. The zero-order valence-electron chi connectivity index (χ0n) is 13.9. The Bertz CT molecular complexity index is 815. The van der Waals surface area contributed by atoms with E-state index in [0.29, 0.717) is 5.92 Å². The summed E-state index contributed by atoms with van der Waals surface area (Å²) in [5.41, 5.74) is 6.74. The van der Waals surface area contributed by atoms with Gasteiger partial charge in [0.2, 0.25) is 11.2 Å². The summed E-state index contributed by atoms with van der Waals surface area (Å²) in [6.07, 6.45) is 1.10. The summed E-state index contributed by atoms with van der Waals surface area (Å²) in [6.45, 7) is 6.78. The largest absolute Gasteiger partial charge is 0.216 e. The van der Waals surface area contributed by atoms with Crippen molar-refractivity contribution >= 4 is 10.9 Å². The van der Waals surface area contributed by atoms with Crippen molar-refractivity contribution in [3.05, 3.63) is 65.7 Å². The Morgan fingerprint density at radius 1 is 0.955 bits per heavy atom. The van der Waals surface area contributed by atoms with E-state index in [0.717, 1.165) is 6.42 Å². The minimum absolute atomic E-state index is 0.643. The van der Waals surface area contributed by atoms with Crippen LogP contribution in [0.25, 0.3) is 22.2 Å². The highest BCUT2D eigenvalue weighted by Crippen LogP contribution is 2.28. The fraction of sp³-hybridized carbons (Fsp3) is 0.286. The predicted octanol–water partition coefficient (Wildman–Crippen LogP) is 4.84. The molecule has 1 nitrogen and oxygen atoms in total. The number of aromatic nitrogens is 1. The predicted molar refractivity (Wildman–Crippen MR) is 93.8 cm³/mol. The van der Waals surface area contributed by atoms with Crippen LogP contribution in [0.1, 0.15) is 25.0 Å². The Morgan fingerprint density at radius 3 is 2.36 bits per heavy atom. The molecule has 2 aromatic carbocycles. The van der Waals surface area contributed by atoms with Crippen LogP contribution < -0.4 is 4.57 Å². The number of rotatable bonds is 3. The Morgan fingerprint density at radius 2 is 1.64 bits per heavy atom. The van der Waals surface area contributed by atoms with E-state index in [9.17, 15) is 0 Å². The Hall–Kier alpha value is -2.15. The molecule has 0 saturated carbocycles. The molecule has 1 heteroatoms. The maximum absolute atomic E-state index is 2.37. The SMILES string of the molecule is Cc1ccccc1-c1c(CC(C)C)cc2ccccc2[n+]1C. The van der Waals surface area contributed by atoms with Crippen LogP contribution in [0.5, 0.6) is 0 Å². The van der Waals surface area contributed by atoms with E-state index in [2.05, 4.69) is 87.0 Å². The highest BCUT2D eigenvalue weighted by Gasteiger charge is 2.21. The number of pyridine rings is 1. The third-order valence-corrected chi connectivity index (χ3v) is 4.30. The molecular formula is C21H24N+. The molecule has 22 heavy (non-hydrogen) atoms. The molecule has 3 aromatic rings. The van der Waals surface area contributed by atoms with Crippen molar-refractivity contribution in [1.29, 1.82) is 0 Å². The smallest absolute Gasteiger partial charge is 0.194 e. The quantitative estimate of drug-likeness (QED) is 0.608. The molecular weight excluding hydrogens is 266 g/mol. The number of fused-ring (bicyclic) bond motifs is 1. The van der Waals surface area contributed by atoms with Crippen molar-refractivity contribution in [3.8, 4) is 11.3 Å². The molecule has 1 heterocycles. The molecule has 0 aliphatic heterocycles. The van der Waals surface area contributed by atoms with E-state index in [-0.39, 0.29) is 0 Å². The molecule has 0 radical (unpaired) electrons. The molecule has 0 saturated heterocycles. The fourth-order valence-electron chi connectivity index (χ4n) is 3.29. The molecule has 0 bridgehead atoms. The topological polar surface area (TPSA) is 3.88 Å². The zero-order chi connectivity index (χ0) is 15.7. The molecule has 112 valence electrons. The monoisotopic (exact) mass is 290 g/mol. The molecule has 1 aromatic heterocycles. The number of para-hydroxylation sites is 1. The summed E-state index contributed by atoms with van der Waals surface area (Å²) in [6, 6.07) is 19.7. The average Bonchev–Trinajstić information content (AvgIpc) is 2.48. The number of nitrogens with zero attached hydrogens (tertiary/aromatic N) is 1. The lowest BCUT2D eigenvalue weighted by Crippen LogP contribution is -2.34. The van der Waals surface area contributed by atoms with Gasteiger partial charge in [-0.25, -0.2) is 0 Å². The second-order valence-corrected chi connectivity index (χ2v) is 6.55. The first-order valence-corrected chi connectivity index (χ1v) is 8.04.